The number of carbonyl (C=O) groups excluding carboxylic acids is 1. The molecule has 0 bridgehead atoms. The van der Waals surface area contributed by atoms with Crippen molar-refractivity contribution in [1.29, 1.82) is 0 Å². The summed E-state index contributed by atoms with van der Waals surface area (Å²) in [6, 6.07) is 10.9. The monoisotopic (exact) mass is 400 g/mol. The van der Waals surface area contributed by atoms with Gasteiger partial charge in [-0.05, 0) is 41.8 Å². The summed E-state index contributed by atoms with van der Waals surface area (Å²) in [5.74, 6) is -0.470. The number of halogens is 2. The van der Waals surface area contributed by atoms with E-state index < -0.39 is 22.5 Å². The summed E-state index contributed by atoms with van der Waals surface area (Å²) in [5.41, 5.74) is 6.64. The summed E-state index contributed by atoms with van der Waals surface area (Å²) in [5, 5.41) is 0.347. The number of carbonyl (C=O) groups is 1. The molecule has 0 unspecified atom stereocenters. The highest BCUT2D eigenvalue weighted by Gasteiger charge is 2.27. The van der Waals surface area contributed by atoms with E-state index >= 15 is 0 Å². The average molecular weight is 401 g/mol. The molecule has 0 aliphatic heterocycles. The van der Waals surface area contributed by atoms with Gasteiger partial charge in [-0.2, -0.15) is 0 Å². The maximum absolute atomic E-state index is 13.0. The van der Waals surface area contributed by atoms with Crippen LogP contribution in [0.3, 0.4) is 0 Å². The first-order chi connectivity index (χ1) is 11.6. The minimum Gasteiger partial charge on any atom is -0.368 e. The van der Waals surface area contributed by atoms with E-state index in [-0.39, 0.29) is 14.9 Å². The Labute approximate surface area is 157 Å². The third-order valence-corrected chi connectivity index (χ3v) is 6.14. The van der Waals surface area contributed by atoms with E-state index in [1.54, 1.807) is 12.1 Å². The highest BCUT2D eigenvalue weighted by molar-refractivity contribution is 7.92. The maximum Gasteiger partial charge on any atom is 0.264 e. The van der Waals surface area contributed by atoms with Gasteiger partial charge in [-0.25, -0.2) is 8.42 Å². The molecule has 2 rings (SSSR count). The van der Waals surface area contributed by atoms with E-state index in [4.69, 9.17) is 28.9 Å². The molecule has 0 spiro atoms. The molecule has 0 aliphatic rings. The summed E-state index contributed by atoms with van der Waals surface area (Å²) in [7, 11) is -4.03. The number of anilines is 1. The van der Waals surface area contributed by atoms with E-state index in [0.29, 0.717) is 11.6 Å². The number of sulfonamides is 1. The molecule has 0 radical (unpaired) electrons. The van der Waals surface area contributed by atoms with E-state index in [0.717, 1.165) is 9.87 Å². The van der Waals surface area contributed by atoms with E-state index in [9.17, 15) is 13.2 Å². The third-order valence-electron chi connectivity index (χ3n) is 3.63. The van der Waals surface area contributed by atoms with Crippen molar-refractivity contribution in [3.8, 4) is 0 Å². The lowest BCUT2D eigenvalue weighted by Crippen LogP contribution is -2.38. The third kappa shape index (κ3) is 4.45. The van der Waals surface area contributed by atoms with Gasteiger partial charge in [-0.3, -0.25) is 9.10 Å². The van der Waals surface area contributed by atoms with Crippen molar-refractivity contribution >= 4 is 44.8 Å². The van der Waals surface area contributed by atoms with Gasteiger partial charge in [0.05, 0.1) is 20.6 Å². The molecule has 25 heavy (non-hydrogen) atoms. The number of nitrogens with zero attached hydrogens (tertiary/aromatic N) is 1. The average Bonchev–Trinajstić information content (AvgIpc) is 2.55. The summed E-state index contributed by atoms with van der Waals surface area (Å²) < 4.78 is 26.9. The minimum atomic E-state index is -4.03. The second-order valence-electron chi connectivity index (χ2n) is 5.80. The van der Waals surface area contributed by atoms with E-state index in [2.05, 4.69) is 0 Å². The van der Waals surface area contributed by atoms with Crippen molar-refractivity contribution in [1.82, 2.24) is 0 Å². The van der Waals surface area contributed by atoms with Gasteiger partial charge < -0.3 is 5.73 Å². The van der Waals surface area contributed by atoms with Crippen LogP contribution in [-0.2, 0) is 14.8 Å². The molecule has 1 amide bonds. The van der Waals surface area contributed by atoms with Crippen molar-refractivity contribution in [2.45, 2.75) is 24.7 Å². The van der Waals surface area contributed by atoms with Crippen LogP contribution in [0.2, 0.25) is 10.0 Å². The summed E-state index contributed by atoms with van der Waals surface area (Å²) in [4.78, 5) is 11.4. The Balaban J connectivity index is 2.51. The molecular weight excluding hydrogens is 383 g/mol. The van der Waals surface area contributed by atoms with Gasteiger partial charge in [0.1, 0.15) is 6.54 Å². The van der Waals surface area contributed by atoms with Crippen LogP contribution >= 0.6 is 23.2 Å². The smallest absolute Gasteiger partial charge is 0.264 e. The summed E-state index contributed by atoms with van der Waals surface area (Å²) in [6.07, 6.45) is 0. The highest BCUT2D eigenvalue weighted by Crippen LogP contribution is 2.29. The second kappa shape index (κ2) is 7.64. The van der Waals surface area contributed by atoms with Crippen LogP contribution in [0, 0.1) is 0 Å². The quantitative estimate of drug-likeness (QED) is 0.800. The molecule has 8 heteroatoms. The van der Waals surface area contributed by atoms with Crippen LogP contribution in [0.15, 0.2) is 47.4 Å². The molecule has 2 N–H and O–H groups in total. The van der Waals surface area contributed by atoms with Crippen LogP contribution < -0.4 is 10.0 Å². The van der Waals surface area contributed by atoms with E-state index in [1.807, 2.05) is 26.0 Å². The zero-order valence-corrected chi connectivity index (χ0v) is 16.1. The molecule has 0 saturated carbocycles. The molecule has 0 aromatic heterocycles. The maximum atomic E-state index is 13.0. The first kappa shape index (κ1) is 19.6. The Hall–Kier alpha value is -1.76. The SMILES string of the molecule is CC(C)c1ccc(N(CC(N)=O)S(=O)(=O)c2ccc(Cl)c(Cl)c2)cc1. The summed E-state index contributed by atoms with van der Waals surface area (Å²) >= 11 is 11.8. The van der Waals surface area contributed by atoms with Gasteiger partial charge in [-0.1, -0.05) is 49.2 Å². The lowest BCUT2D eigenvalue weighted by atomic mass is 10.0. The summed E-state index contributed by atoms with van der Waals surface area (Å²) in [6.45, 7) is 3.58. The Kier molecular flexibility index (Phi) is 5.98. The van der Waals surface area contributed by atoms with Gasteiger partial charge in [0.15, 0.2) is 0 Å². The molecule has 0 aliphatic carbocycles. The van der Waals surface area contributed by atoms with Crippen molar-refractivity contribution in [2.75, 3.05) is 10.8 Å². The van der Waals surface area contributed by atoms with Crippen LogP contribution in [0.25, 0.3) is 0 Å². The zero-order valence-electron chi connectivity index (χ0n) is 13.7. The van der Waals surface area contributed by atoms with E-state index in [1.165, 1.54) is 18.2 Å². The first-order valence-electron chi connectivity index (χ1n) is 7.49. The Morgan fingerprint density at radius 1 is 1.08 bits per heavy atom. The molecule has 0 atom stereocenters. The zero-order chi connectivity index (χ0) is 18.8. The number of amides is 1. The fourth-order valence-corrected chi connectivity index (χ4v) is 4.07. The van der Waals surface area contributed by atoms with Crippen LogP contribution in [-0.4, -0.2) is 20.9 Å². The lowest BCUT2D eigenvalue weighted by Gasteiger charge is -2.23. The van der Waals surface area contributed by atoms with Crippen molar-refractivity contribution < 1.29 is 13.2 Å². The van der Waals surface area contributed by atoms with Crippen LogP contribution in [0.5, 0.6) is 0 Å². The van der Waals surface area contributed by atoms with Crippen molar-refractivity contribution in [3.63, 3.8) is 0 Å². The number of benzene rings is 2. The highest BCUT2D eigenvalue weighted by atomic mass is 35.5. The van der Waals surface area contributed by atoms with Crippen LogP contribution in [0.1, 0.15) is 25.3 Å². The fraction of sp³-hybridized carbons (Fsp3) is 0.235. The number of hydrogen-bond donors (Lipinski definition) is 1. The van der Waals surface area contributed by atoms with Gasteiger partial charge in [0, 0.05) is 0 Å². The second-order valence-corrected chi connectivity index (χ2v) is 8.48. The molecule has 0 saturated heterocycles. The molecule has 134 valence electrons. The Morgan fingerprint density at radius 2 is 1.68 bits per heavy atom. The number of nitrogens with two attached hydrogens (primary N) is 1. The largest absolute Gasteiger partial charge is 0.368 e. The van der Waals surface area contributed by atoms with Gasteiger partial charge in [-0.15, -0.1) is 0 Å². The van der Waals surface area contributed by atoms with Crippen molar-refractivity contribution in [2.24, 2.45) is 5.73 Å². The molecule has 0 heterocycles. The van der Waals surface area contributed by atoms with Crippen LogP contribution in [0.4, 0.5) is 5.69 Å². The standard InChI is InChI=1S/C17H18Cl2N2O3S/c1-11(2)12-3-5-13(6-4-12)21(10-17(20)22)25(23,24)14-7-8-15(18)16(19)9-14/h3-9,11H,10H2,1-2H3,(H2,20,22). The molecule has 2 aromatic carbocycles. The normalized spacial score (nSPS) is 11.6. The number of rotatable bonds is 6. The molecule has 0 fully saturated rings. The topological polar surface area (TPSA) is 80.5 Å². The Morgan fingerprint density at radius 3 is 2.16 bits per heavy atom. The fourth-order valence-electron chi connectivity index (χ4n) is 2.25. The number of primary amides is 1. The van der Waals surface area contributed by atoms with Gasteiger partial charge >= 0.3 is 0 Å². The van der Waals surface area contributed by atoms with Gasteiger partial charge in [0.25, 0.3) is 10.0 Å². The predicted octanol–water partition coefficient (Wildman–Crippen LogP) is 3.80. The van der Waals surface area contributed by atoms with Gasteiger partial charge in [0.2, 0.25) is 5.91 Å². The number of hydrogen-bond acceptors (Lipinski definition) is 3. The predicted molar refractivity (Wildman–Crippen MR) is 101 cm³/mol. The first-order valence-corrected chi connectivity index (χ1v) is 9.68. The Bertz CT molecular complexity index is 881. The minimum absolute atomic E-state index is 0.0731. The molecular formula is C17H18Cl2N2O3S. The molecule has 5 nitrogen and oxygen atoms in total. The van der Waals surface area contributed by atoms with Crippen molar-refractivity contribution in [3.05, 3.63) is 58.1 Å². The lowest BCUT2D eigenvalue weighted by molar-refractivity contribution is -0.116. The molecule has 2 aromatic rings.